The Morgan fingerprint density at radius 3 is 1.57 bits per heavy atom. The molecule has 0 fully saturated rings. The fourth-order valence-electron chi connectivity index (χ4n) is 5.47. The minimum Gasteiger partial charge on any atom is -0.256 e. The second kappa shape index (κ2) is 10.7. The fraction of sp³-hybridized carbons (Fsp3) is 0.200. The Morgan fingerprint density at radius 2 is 1.00 bits per heavy atom. The molecule has 0 radical (unpaired) electrons. The lowest BCUT2D eigenvalue weighted by Gasteiger charge is -2.20. The zero-order chi connectivity index (χ0) is 29.5. The summed E-state index contributed by atoms with van der Waals surface area (Å²) >= 11 is 0. The topological polar surface area (TPSA) is 25.8 Å². The van der Waals surface area contributed by atoms with Gasteiger partial charge < -0.3 is 0 Å². The molecule has 2 heteroatoms. The normalized spacial score (nSPS) is 12.0. The van der Waals surface area contributed by atoms with Crippen LogP contribution in [0, 0.1) is 0 Å². The molecule has 0 bridgehead atoms. The van der Waals surface area contributed by atoms with Crippen LogP contribution in [0.3, 0.4) is 0 Å². The van der Waals surface area contributed by atoms with Crippen LogP contribution in [-0.4, -0.2) is 9.97 Å². The highest BCUT2D eigenvalue weighted by Crippen LogP contribution is 2.35. The molecule has 42 heavy (non-hydrogen) atoms. The number of hydrogen-bond acceptors (Lipinski definition) is 2. The highest BCUT2D eigenvalue weighted by Gasteiger charge is 2.16. The molecule has 0 aliphatic rings. The van der Waals surface area contributed by atoms with Crippen LogP contribution >= 0.6 is 0 Å². The number of fused-ring (bicyclic) bond motifs is 1. The molecule has 0 saturated carbocycles. The predicted octanol–water partition coefficient (Wildman–Crippen LogP) is 10.9. The molecule has 208 valence electrons. The largest absolute Gasteiger partial charge is 0.256 e. The summed E-state index contributed by atoms with van der Waals surface area (Å²) in [6.45, 7) is 13.5. The molecule has 2 heterocycles. The van der Waals surface area contributed by atoms with Gasteiger partial charge in [0.25, 0.3) is 0 Å². The Hall–Kier alpha value is -4.56. The second-order valence-corrected chi connectivity index (χ2v) is 13.2. The molecule has 6 rings (SSSR count). The van der Waals surface area contributed by atoms with Gasteiger partial charge in [0, 0.05) is 28.3 Å². The monoisotopic (exact) mass is 546 g/mol. The van der Waals surface area contributed by atoms with Gasteiger partial charge in [-0.15, -0.1) is 0 Å². The van der Waals surface area contributed by atoms with E-state index in [2.05, 4.69) is 157 Å². The highest BCUT2D eigenvalue weighted by atomic mass is 14.7. The number of pyridine rings is 2. The standard InChI is InChI=1S/C40H38N2/c1-39(2,3)33-18-14-28(15-19-33)36-25-32(26-37(42-36)29-16-20-34(21-17-29)40(4,5)6)30-11-9-12-31(24-30)38-35-13-8-7-10-27(35)22-23-41-38/h7-26H,1-6H3. The van der Waals surface area contributed by atoms with E-state index in [0.717, 1.165) is 50.3 Å². The third kappa shape index (κ3) is 5.63. The van der Waals surface area contributed by atoms with Gasteiger partial charge in [-0.1, -0.05) is 133 Å². The molecule has 0 unspecified atom stereocenters. The number of nitrogens with zero attached hydrogens (tertiary/aromatic N) is 2. The fourth-order valence-corrected chi connectivity index (χ4v) is 5.47. The molecule has 0 amide bonds. The van der Waals surface area contributed by atoms with Crippen LogP contribution in [0.5, 0.6) is 0 Å². The average Bonchev–Trinajstić information content (AvgIpc) is 3.00. The first-order valence-electron chi connectivity index (χ1n) is 14.7. The summed E-state index contributed by atoms with van der Waals surface area (Å²) < 4.78 is 0. The first-order valence-corrected chi connectivity index (χ1v) is 14.7. The summed E-state index contributed by atoms with van der Waals surface area (Å²) in [5.74, 6) is 0. The SMILES string of the molecule is CC(C)(C)c1ccc(-c2cc(-c3cccc(-c4nccc5ccccc45)c3)cc(-c3ccc(C(C)(C)C)cc3)n2)cc1. The van der Waals surface area contributed by atoms with Crippen molar-refractivity contribution in [3.63, 3.8) is 0 Å². The lowest BCUT2D eigenvalue weighted by atomic mass is 9.86. The van der Waals surface area contributed by atoms with Crippen molar-refractivity contribution < 1.29 is 0 Å². The summed E-state index contributed by atoms with van der Waals surface area (Å²) in [5, 5.41) is 2.35. The molecule has 0 aliphatic carbocycles. The summed E-state index contributed by atoms with van der Waals surface area (Å²) in [6, 6.07) is 41.4. The maximum absolute atomic E-state index is 5.19. The average molecular weight is 547 g/mol. The number of aromatic nitrogens is 2. The predicted molar refractivity (Wildman–Crippen MR) is 179 cm³/mol. The van der Waals surface area contributed by atoms with Crippen molar-refractivity contribution in [1.29, 1.82) is 0 Å². The molecule has 0 spiro atoms. The minimum absolute atomic E-state index is 0.101. The van der Waals surface area contributed by atoms with Gasteiger partial charge in [-0.2, -0.15) is 0 Å². The first-order chi connectivity index (χ1) is 20.1. The summed E-state index contributed by atoms with van der Waals surface area (Å²) in [7, 11) is 0. The van der Waals surface area contributed by atoms with Crippen molar-refractivity contribution in [3.8, 4) is 44.9 Å². The van der Waals surface area contributed by atoms with Crippen LogP contribution in [0.1, 0.15) is 52.7 Å². The van der Waals surface area contributed by atoms with Gasteiger partial charge in [0.1, 0.15) is 0 Å². The zero-order valence-electron chi connectivity index (χ0n) is 25.4. The van der Waals surface area contributed by atoms with Crippen LogP contribution in [-0.2, 0) is 10.8 Å². The lowest BCUT2D eigenvalue weighted by molar-refractivity contribution is 0.590. The summed E-state index contributed by atoms with van der Waals surface area (Å²) in [4.78, 5) is 9.98. The number of benzene rings is 4. The van der Waals surface area contributed by atoms with Crippen LogP contribution in [0.4, 0.5) is 0 Å². The van der Waals surface area contributed by atoms with Gasteiger partial charge in [0.05, 0.1) is 17.1 Å². The third-order valence-electron chi connectivity index (χ3n) is 8.06. The Balaban J connectivity index is 1.49. The molecule has 0 N–H and O–H groups in total. The van der Waals surface area contributed by atoms with E-state index in [1.165, 1.54) is 16.5 Å². The van der Waals surface area contributed by atoms with E-state index >= 15 is 0 Å². The molecule has 0 saturated heterocycles. The van der Waals surface area contributed by atoms with Crippen molar-refractivity contribution in [2.75, 3.05) is 0 Å². The maximum Gasteiger partial charge on any atom is 0.0780 e. The van der Waals surface area contributed by atoms with E-state index < -0.39 is 0 Å². The van der Waals surface area contributed by atoms with Crippen molar-refractivity contribution in [1.82, 2.24) is 9.97 Å². The van der Waals surface area contributed by atoms with Gasteiger partial charge in [-0.3, -0.25) is 4.98 Å². The highest BCUT2D eigenvalue weighted by molar-refractivity contribution is 5.95. The smallest absolute Gasteiger partial charge is 0.0780 e. The lowest BCUT2D eigenvalue weighted by Crippen LogP contribution is -2.10. The van der Waals surface area contributed by atoms with E-state index in [4.69, 9.17) is 9.97 Å². The molecule has 2 aromatic heterocycles. The Kier molecular flexibility index (Phi) is 7.02. The molecule has 6 aromatic rings. The molecule has 0 aliphatic heterocycles. The maximum atomic E-state index is 5.19. The van der Waals surface area contributed by atoms with Gasteiger partial charge >= 0.3 is 0 Å². The van der Waals surface area contributed by atoms with Crippen molar-refractivity contribution in [2.24, 2.45) is 0 Å². The summed E-state index contributed by atoms with van der Waals surface area (Å²) in [6.07, 6.45) is 1.90. The van der Waals surface area contributed by atoms with Crippen LogP contribution < -0.4 is 0 Å². The quantitative estimate of drug-likeness (QED) is 0.220. The Bertz CT molecular complexity index is 1780. The van der Waals surface area contributed by atoms with Crippen molar-refractivity contribution in [3.05, 3.63) is 133 Å². The van der Waals surface area contributed by atoms with Crippen LogP contribution in [0.2, 0.25) is 0 Å². The van der Waals surface area contributed by atoms with Crippen LogP contribution in [0.15, 0.2) is 121 Å². The number of hydrogen-bond donors (Lipinski definition) is 0. The van der Waals surface area contributed by atoms with E-state index in [1.807, 2.05) is 6.20 Å². The second-order valence-electron chi connectivity index (χ2n) is 13.2. The molecule has 2 nitrogen and oxygen atoms in total. The number of rotatable bonds is 4. The summed E-state index contributed by atoms with van der Waals surface area (Å²) in [5.41, 5.74) is 11.4. The van der Waals surface area contributed by atoms with Gasteiger partial charge in [0.15, 0.2) is 0 Å². The van der Waals surface area contributed by atoms with E-state index in [9.17, 15) is 0 Å². The van der Waals surface area contributed by atoms with Crippen molar-refractivity contribution in [2.45, 2.75) is 52.4 Å². The molecular formula is C40H38N2. The van der Waals surface area contributed by atoms with Gasteiger partial charge in [0.2, 0.25) is 0 Å². The Labute approximate surface area is 250 Å². The van der Waals surface area contributed by atoms with E-state index in [1.54, 1.807) is 0 Å². The Morgan fingerprint density at radius 1 is 0.452 bits per heavy atom. The third-order valence-corrected chi connectivity index (χ3v) is 8.06. The van der Waals surface area contributed by atoms with E-state index in [0.29, 0.717) is 0 Å². The molecule has 4 aromatic carbocycles. The van der Waals surface area contributed by atoms with Crippen LogP contribution in [0.25, 0.3) is 55.7 Å². The first kappa shape index (κ1) is 27.6. The minimum atomic E-state index is 0.101. The molecule has 0 atom stereocenters. The zero-order valence-corrected chi connectivity index (χ0v) is 25.4. The van der Waals surface area contributed by atoms with Gasteiger partial charge in [-0.05, 0) is 62.7 Å². The van der Waals surface area contributed by atoms with Gasteiger partial charge in [-0.25, -0.2) is 4.98 Å². The molecular weight excluding hydrogens is 508 g/mol. The van der Waals surface area contributed by atoms with E-state index in [-0.39, 0.29) is 10.8 Å². The van der Waals surface area contributed by atoms with Crippen molar-refractivity contribution >= 4 is 10.8 Å².